The minimum Gasteiger partial charge on any atom is -0.443 e. The minimum absolute atomic E-state index is 0.219. The van der Waals surface area contributed by atoms with Crippen molar-refractivity contribution in [3.05, 3.63) is 0 Å². The Labute approximate surface area is 59.3 Å². The molecular weight excluding hydrogens is 136 g/mol. The molecule has 0 aliphatic rings. The van der Waals surface area contributed by atoms with Crippen molar-refractivity contribution in [1.29, 1.82) is 0 Å². The van der Waals surface area contributed by atoms with Crippen LogP contribution in [0.25, 0.3) is 0 Å². The van der Waals surface area contributed by atoms with Crippen LogP contribution in [0.1, 0.15) is 0 Å². The van der Waals surface area contributed by atoms with Gasteiger partial charge in [-0.25, -0.2) is 4.79 Å². The van der Waals surface area contributed by atoms with Crippen molar-refractivity contribution in [2.75, 3.05) is 20.3 Å². The average Bonchev–Trinajstić information content (AvgIpc) is 1.86. The van der Waals surface area contributed by atoms with E-state index in [0.29, 0.717) is 0 Å². The topological polar surface area (TPSA) is 87.6 Å². The third kappa shape index (κ3) is 4.11. The predicted molar refractivity (Wildman–Crippen MR) is 35.4 cm³/mol. The summed E-state index contributed by atoms with van der Waals surface area (Å²) in [5, 5.41) is 0. The molecule has 0 aromatic carbocycles. The maximum absolute atomic E-state index is 10.1. The van der Waals surface area contributed by atoms with Gasteiger partial charge in [-0.3, -0.25) is 0 Å². The Kier molecular flexibility index (Phi) is 4.61. The van der Waals surface area contributed by atoms with Crippen LogP contribution in [0.15, 0.2) is 0 Å². The fourth-order valence-corrected chi connectivity index (χ4v) is 0.500. The molecule has 5 nitrogen and oxygen atoms in total. The van der Waals surface area contributed by atoms with Crippen molar-refractivity contribution in [3.8, 4) is 0 Å². The number of primary amides is 1. The van der Waals surface area contributed by atoms with Crippen LogP contribution in [0.5, 0.6) is 0 Å². The summed E-state index contributed by atoms with van der Waals surface area (Å²) in [7, 11) is 1.49. The normalized spacial score (nSPS) is 12.6. The molecule has 0 aliphatic heterocycles. The number of nitrogens with two attached hydrogens (primary N) is 2. The van der Waals surface area contributed by atoms with E-state index in [9.17, 15) is 4.79 Å². The smallest absolute Gasteiger partial charge is 0.404 e. The molecule has 0 heterocycles. The zero-order valence-corrected chi connectivity index (χ0v) is 5.87. The summed E-state index contributed by atoms with van der Waals surface area (Å²) >= 11 is 0. The SMILES string of the molecule is COCC(CN)OC(N)=O. The molecule has 0 fully saturated rings. The first-order valence-electron chi connectivity index (χ1n) is 2.85. The molecular formula is C5H12N2O3. The van der Waals surface area contributed by atoms with Crippen molar-refractivity contribution in [2.45, 2.75) is 6.10 Å². The highest BCUT2D eigenvalue weighted by molar-refractivity contribution is 5.64. The lowest BCUT2D eigenvalue weighted by Crippen LogP contribution is -2.32. The largest absolute Gasteiger partial charge is 0.443 e. The number of carbonyl (C=O) groups excluding carboxylic acids is 1. The standard InChI is InChI=1S/C5H12N2O3/c1-9-3-4(2-6)10-5(7)8/h4H,2-3,6H2,1H3,(H2,7,8). The predicted octanol–water partition coefficient (Wildman–Crippen LogP) is -0.945. The van der Waals surface area contributed by atoms with Gasteiger partial charge in [-0.15, -0.1) is 0 Å². The lowest BCUT2D eigenvalue weighted by molar-refractivity contribution is 0.0487. The van der Waals surface area contributed by atoms with Gasteiger partial charge in [0, 0.05) is 13.7 Å². The quantitative estimate of drug-likeness (QED) is 0.538. The third-order valence-corrected chi connectivity index (χ3v) is 0.898. The second-order valence-corrected chi connectivity index (χ2v) is 1.75. The third-order valence-electron chi connectivity index (χ3n) is 0.898. The first-order chi connectivity index (χ1) is 4.70. The van der Waals surface area contributed by atoms with Crippen LogP contribution in [0.4, 0.5) is 4.79 Å². The van der Waals surface area contributed by atoms with Gasteiger partial charge < -0.3 is 20.9 Å². The van der Waals surface area contributed by atoms with Gasteiger partial charge in [0.05, 0.1) is 6.61 Å². The van der Waals surface area contributed by atoms with Crippen LogP contribution in [0, 0.1) is 0 Å². The molecule has 0 radical (unpaired) electrons. The molecule has 0 bridgehead atoms. The summed E-state index contributed by atoms with van der Waals surface area (Å²) in [5.41, 5.74) is 9.92. The summed E-state index contributed by atoms with van der Waals surface area (Å²) in [4.78, 5) is 10.1. The number of amides is 1. The minimum atomic E-state index is -0.826. The summed E-state index contributed by atoms with van der Waals surface area (Å²) in [6.07, 6.45) is -1.25. The Bertz CT molecular complexity index is 107. The molecule has 60 valence electrons. The van der Waals surface area contributed by atoms with Crippen molar-refractivity contribution < 1.29 is 14.3 Å². The zero-order chi connectivity index (χ0) is 7.98. The Morgan fingerprint density at radius 3 is 2.60 bits per heavy atom. The van der Waals surface area contributed by atoms with E-state index in [-0.39, 0.29) is 13.2 Å². The van der Waals surface area contributed by atoms with Crippen LogP contribution in [-0.4, -0.2) is 32.5 Å². The van der Waals surface area contributed by atoms with Crippen LogP contribution >= 0.6 is 0 Å². The number of hydrogen-bond donors (Lipinski definition) is 2. The van der Waals surface area contributed by atoms with Crippen LogP contribution in [-0.2, 0) is 9.47 Å². The molecule has 4 N–H and O–H groups in total. The Hall–Kier alpha value is -0.810. The molecule has 0 saturated carbocycles. The Morgan fingerprint density at radius 2 is 2.30 bits per heavy atom. The van der Waals surface area contributed by atoms with Gasteiger partial charge in [-0.1, -0.05) is 0 Å². The average molecular weight is 148 g/mol. The zero-order valence-electron chi connectivity index (χ0n) is 5.87. The van der Waals surface area contributed by atoms with Gasteiger partial charge >= 0.3 is 6.09 Å². The molecule has 10 heavy (non-hydrogen) atoms. The van der Waals surface area contributed by atoms with Gasteiger partial charge in [-0.2, -0.15) is 0 Å². The van der Waals surface area contributed by atoms with E-state index >= 15 is 0 Å². The molecule has 1 unspecified atom stereocenters. The molecule has 0 aromatic heterocycles. The van der Waals surface area contributed by atoms with Crippen molar-refractivity contribution in [3.63, 3.8) is 0 Å². The van der Waals surface area contributed by atoms with Crippen molar-refractivity contribution in [1.82, 2.24) is 0 Å². The van der Waals surface area contributed by atoms with Gasteiger partial charge in [0.15, 0.2) is 0 Å². The van der Waals surface area contributed by atoms with E-state index in [1.54, 1.807) is 0 Å². The van der Waals surface area contributed by atoms with Gasteiger partial charge in [-0.05, 0) is 0 Å². The number of hydrogen-bond acceptors (Lipinski definition) is 4. The highest BCUT2D eigenvalue weighted by Gasteiger charge is 2.08. The van der Waals surface area contributed by atoms with Crippen molar-refractivity contribution >= 4 is 6.09 Å². The van der Waals surface area contributed by atoms with Gasteiger partial charge in [0.25, 0.3) is 0 Å². The highest BCUT2D eigenvalue weighted by atomic mass is 16.6. The second kappa shape index (κ2) is 5.01. The Morgan fingerprint density at radius 1 is 1.70 bits per heavy atom. The molecule has 5 heteroatoms. The first kappa shape index (κ1) is 9.19. The van der Waals surface area contributed by atoms with Gasteiger partial charge in [0.1, 0.15) is 6.10 Å². The Balaban J connectivity index is 3.49. The van der Waals surface area contributed by atoms with E-state index in [2.05, 4.69) is 9.47 Å². The van der Waals surface area contributed by atoms with E-state index < -0.39 is 12.2 Å². The molecule has 1 amide bonds. The number of ether oxygens (including phenoxy) is 2. The first-order valence-corrected chi connectivity index (χ1v) is 2.85. The number of methoxy groups -OCH3 is 1. The fourth-order valence-electron chi connectivity index (χ4n) is 0.500. The van der Waals surface area contributed by atoms with Gasteiger partial charge in [0.2, 0.25) is 0 Å². The molecule has 0 rings (SSSR count). The summed E-state index contributed by atoms with van der Waals surface area (Å²) in [6.45, 7) is 0.496. The summed E-state index contributed by atoms with van der Waals surface area (Å²) in [5.74, 6) is 0. The highest BCUT2D eigenvalue weighted by Crippen LogP contribution is 1.88. The number of rotatable bonds is 4. The van der Waals surface area contributed by atoms with E-state index in [4.69, 9.17) is 11.5 Å². The molecule has 1 atom stereocenters. The van der Waals surface area contributed by atoms with Crippen LogP contribution in [0.2, 0.25) is 0 Å². The van der Waals surface area contributed by atoms with E-state index in [1.165, 1.54) is 7.11 Å². The van der Waals surface area contributed by atoms with E-state index in [0.717, 1.165) is 0 Å². The molecule has 0 aromatic rings. The van der Waals surface area contributed by atoms with E-state index in [1.807, 2.05) is 0 Å². The van der Waals surface area contributed by atoms with Crippen LogP contribution in [0.3, 0.4) is 0 Å². The second-order valence-electron chi connectivity index (χ2n) is 1.75. The monoisotopic (exact) mass is 148 g/mol. The summed E-state index contributed by atoms with van der Waals surface area (Å²) < 4.78 is 9.21. The van der Waals surface area contributed by atoms with Crippen LogP contribution < -0.4 is 11.5 Å². The lowest BCUT2D eigenvalue weighted by Gasteiger charge is -2.12. The maximum Gasteiger partial charge on any atom is 0.404 e. The molecule has 0 saturated heterocycles. The molecule has 0 spiro atoms. The maximum atomic E-state index is 10.1. The lowest BCUT2D eigenvalue weighted by atomic mass is 10.4. The fraction of sp³-hybridized carbons (Fsp3) is 0.800. The number of carbonyl (C=O) groups is 1. The summed E-state index contributed by atoms with van der Waals surface area (Å²) in [6, 6.07) is 0. The molecule has 0 aliphatic carbocycles. The van der Waals surface area contributed by atoms with Crippen molar-refractivity contribution in [2.24, 2.45) is 11.5 Å².